The van der Waals surface area contributed by atoms with Gasteiger partial charge in [0.1, 0.15) is 0 Å². The SMILES string of the molecule is CN[P+](=S)Oc1ccc(/C=N/N(C)[P+](=S)Oc2ccc(CP(=O)(O)O)cc2)cc1. The molecule has 0 bridgehead atoms. The van der Waals surface area contributed by atoms with Crippen LogP contribution in [-0.4, -0.2) is 34.9 Å². The Morgan fingerprint density at radius 1 is 1.10 bits per heavy atom. The van der Waals surface area contributed by atoms with Gasteiger partial charge in [0.15, 0.2) is 11.5 Å². The molecule has 0 aliphatic heterocycles. The first-order chi connectivity index (χ1) is 13.7. The van der Waals surface area contributed by atoms with Crippen molar-refractivity contribution in [2.75, 3.05) is 14.1 Å². The van der Waals surface area contributed by atoms with Gasteiger partial charge < -0.3 is 9.79 Å². The zero-order valence-corrected chi connectivity index (χ0v) is 19.9. The maximum atomic E-state index is 11.0. The lowest BCUT2D eigenvalue weighted by atomic mass is 10.2. The van der Waals surface area contributed by atoms with E-state index in [4.69, 9.17) is 42.4 Å². The minimum atomic E-state index is -4.10. The van der Waals surface area contributed by atoms with Crippen LogP contribution in [0.5, 0.6) is 11.5 Å². The first-order valence-electron chi connectivity index (χ1n) is 8.15. The summed E-state index contributed by atoms with van der Waals surface area (Å²) in [5.74, 6) is 1.19. The van der Waals surface area contributed by atoms with Gasteiger partial charge in [-0.05, 0) is 47.5 Å². The summed E-state index contributed by atoms with van der Waals surface area (Å²) in [5.41, 5.74) is 1.39. The Balaban J connectivity index is 1.91. The van der Waals surface area contributed by atoms with E-state index in [-0.39, 0.29) is 6.16 Å². The van der Waals surface area contributed by atoms with Crippen molar-refractivity contribution < 1.29 is 23.4 Å². The molecule has 0 radical (unpaired) electrons. The van der Waals surface area contributed by atoms with Gasteiger partial charge in [-0.3, -0.25) is 13.6 Å². The summed E-state index contributed by atoms with van der Waals surface area (Å²) >= 11 is 10.4. The smallest absolute Gasteiger partial charge is 0.324 e. The van der Waals surface area contributed by atoms with E-state index in [1.54, 1.807) is 49.4 Å². The van der Waals surface area contributed by atoms with Gasteiger partial charge in [-0.2, -0.15) is 0 Å². The highest BCUT2D eigenvalue weighted by molar-refractivity contribution is 8.02. The van der Waals surface area contributed by atoms with Crippen molar-refractivity contribution in [1.29, 1.82) is 0 Å². The third-order valence-electron chi connectivity index (χ3n) is 3.36. The molecule has 0 amide bonds. The molecule has 0 aliphatic carbocycles. The van der Waals surface area contributed by atoms with Crippen LogP contribution >= 0.6 is 21.7 Å². The average molecular weight is 491 g/mol. The monoisotopic (exact) mass is 491 g/mol. The van der Waals surface area contributed by atoms with Gasteiger partial charge >= 0.3 is 21.7 Å². The molecule has 2 aromatic rings. The molecular weight excluding hydrogens is 471 g/mol. The quantitative estimate of drug-likeness (QED) is 0.260. The minimum Gasteiger partial charge on any atom is -0.324 e. The average Bonchev–Trinajstić information content (AvgIpc) is 2.67. The number of hydrogen-bond donors (Lipinski definition) is 3. The molecule has 8 nitrogen and oxygen atoms in total. The summed E-state index contributed by atoms with van der Waals surface area (Å²) in [5, 5.41) is 7.18. The third kappa shape index (κ3) is 8.91. The predicted molar refractivity (Wildman–Crippen MR) is 123 cm³/mol. The zero-order chi connectivity index (χ0) is 21.4. The topological polar surface area (TPSA) is 104 Å². The second kappa shape index (κ2) is 11.2. The summed E-state index contributed by atoms with van der Waals surface area (Å²) in [4.78, 5) is 18.0. The van der Waals surface area contributed by atoms with E-state index in [9.17, 15) is 4.57 Å². The van der Waals surface area contributed by atoms with Crippen LogP contribution in [0, 0.1) is 0 Å². The van der Waals surface area contributed by atoms with Crippen molar-refractivity contribution in [2.45, 2.75) is 6.16 Å². The maximum Gasteiger partial charge on any atom is 0.540 e. The van der Waals surface area contributed by atoms with Gasteiger partial charge in [0.25, 0.3) is 0 Å². The lowest BCUT2D eigenvalue weighted by Crippen LogP contribution is -2.03. The van der Waals surface area contributed by atoms with Gasteiger partial charge in [0.05, 0.1) is 19.4 Å². The molecule has 154 valence electrons. The minimum absolute atomic E-state index is 0.312. The van der Waals surface area contributed by atoms with Crippen molar-refractivity contribution in [3.63, 3.8) is 0 Å². The number of nitrogens with zero attached hydrogens (tertiary/aromatic N) is 2. The van der Waals surface area contributed by atoms with Crippen LogP contribution in [0.1, 0.15) is 11.1 Å². The second-order valence-electron chi connectivity index (χ2n) is 5.67. The molecule has 2 atom stereocenters. The van der Waals surface area contributed by atoms with E-state index in [0.29, 0.717) is 17.1 Å². The van der Waals surface area contributed by atoms with Gasteiger partial charge in [0, 0.05) is 7.05 Å². The maximum absolute atomic E-state index is 11.0. The van der Waals surface area contributed by atoms with Crippen molar-refractivity contribution in [1.82, 2.24) is 9.87 Å². The normalized spacial score (nSPS) is 12.6. The highest BCUT2D eigenvalue weighted by atomic mass is 32.4. The lowest BCUT2D eigenvalue weighted by molar-refractivity contribution is 0.371. The summed E-state index contributed by atoms with van der Waals surface area (Å²) in [6.07, 6.45) is 1.35. The Morgan fingerprint density at radius 2 is 1.66 bits per heavy atom. The van der Waals surface area contributed by atoms with Gasteiger partial charge in [-0.1, -0.05) is 16.9 Å². The number of benzene rings is 2. The second-order valence-corrected chi connectivity index (χ2v) is 11.6. The summed E-state index contributed by atoms with van der Waals surface area (Å²) in [6, 6.07) is 13.8. The molecule has 3 N–H and O–H groups in total. The Labute approximate surface area is 181 Å². The molecule has 0 fully saturated rings. The molecule has 29 heavy (non-hydrogen) atoms. The van der Waals surface area contributed by atoms with Crippen molar-refractivity contribution in [3.8, 4) is 11.5 Å². The van der Waals surface area contributed by atoms with Gasteiger partial charge in [-0.15, -0.1) is 10.2 Å². The Kier molecular flexibility index (Phi) is 9.21. The Hall–Kier alpha value is -1.34. The number of nitrogens with one attached hydrogen (secondary N) is 1. The zero-order valence-electron chi connectivity index (χ0n) is 15.6. The molecule has 0 aliphatic rings. The fraction of sp³-hybridized carbons (Fsp3) is 0.188. The molecule has 13 heteroatoms. The van der Waals surface area contributed by atoms with Crippen molar-refractivity contribution in [2.24, 2.45) is 5.10 Å². The first kappa shape index (κ1) is 23.9. The van der Waals surface area contributed by atoms with Crippen LogP contribution < -0.4 is 14.1 Å². The van der Waals surface area contributed by atoms with Gasteiger partial charge in [0.2, 0.25) is 23.6 Å². The Bertz CT molecular complexity index is 936. The fourth-order valence-electron chi connectivity index (χ4n) is 1.99. The molecule has 0 heterocycles. The molecule has 2 aromatic carbocycles. The van der Waals surface area contributed by atoms with Gasteiger partial charge in [-0.25, -0.2) is 0 Å². The molecular formula is C16H20N3O5P3S2+2. The fourth-order valence-corrected chi connectivity index (χ4v) is 4.28. The van der Waals surface area contributed by atoms with Crippen molar-refractivity contribution in [3.05, 3.63) is 59.7 Å². The number of hydrazone groups is 1. The van der Waals surface area contributed by atoms with E-state index in [1.807, 2.05) is 24.3 Å². The summed E-state index contributed by atoms with van der Waals surface area (Å²) < 4.78 is 23.8. The van der Waals surface area contributed by atoms with Crippen LogP contribution in [0.3, 0.4) is 0 Å². The Morgan fingerprint density at radius 3 is 2.21 bits per heavy atom. The molecule has 0 saturated heterocycles. The molecule has 0 spiro atoms. The van der Waals surface area contributed by atoms with E-state index >= 15 is 0 Å². The highest BCUT2D eigenvalue weighted by Gasteiger charge is 2.21. The first-order valence-corrected chi connectivity index (χ1v) is 14.4. The van der Waals surface area contributed by atoms with Crippen LogP contribution in [0.4, 0.5) is 0 Å². The van der Waals surface area contributed by atoms with Crippen LogP contribution in [0.2, 0.25) is 0 Å². The molecule has 0 aromatic heterocycles. The standard InChI is InChI=1S/C16H18N3O5P3S2/c1-17-25(28)23-15-7-3-13(4-8-15)11-18-19(2)26(29)24-16-9-5-14(6-10-16)12-27(20,21)22/h3-11H,12H2,1-2H3,(H-2,17,20,21,22,28)/p+2/b18-11+. The number of rotatable bonds is 10. The summed E-state index contributed by atoms with van der Waals surface area (Å²) in [7, 11) is -3.18. The third-order valence-corrected chi connectivity index (χ3v) is 7.52. The van der Waals surface area contributed by atoms with E-state index in [2.05, 4.69) is 10.2 Å². The highest BCUT2D eigenvalue weighted by Crippen LogP contribution is 2.39. The summed E-state index contributed by atoms with van der Waals surface area (Å²) in [6.45, 7) is 0. The van der Waals surface area contributed by atoms with E-state index in [1.165, 1.54) is 0 Å². The van der Waals surface area contributed by atoms with Crippen LogP contribution in [0.25, 0.3) is 0 Å². The molecule has 2 rings (SSSR count). The molecule has 0 saturated carbocycles. The van der Waals surface area contributed by atoms with E-state index < -0.39 is 21.7 Å². The van der Waals surface area contributed by atoms with Crippen molar-refractivity contribution >= 4 is 51.6 Å². The lowest BCUT2D eigenvalue weighted by Gasteiger charge is -2.05. The van der Waals surface area contributed by atoms with E-state index in [0.717, 1.165) is 5.56 Å². The predicted octanol–water partition coefficient (Wildman–Crippen LogP) is 3.85. The largest absolute Gasteiger partial charge is 0.540 e. The number of hydrogen-bond acceptors (Lipinski definition) is 6. The van der Waals surface area contributed by atoms with Crippen LogP contribution in [0.15, 0.2) is 53.6 Å². The van der Waals surface area contributed by atoms with Crippen LogP contribution in [-0.2, 0) is 34.3 Å². The molecule has 2 unspecified atom stereocenters.